The minimum Gasteiger partial charge on any atom is -0.330 e. The van der Waals surface area contributed by atoms with Crippen LogP contribution in [-0.4, -0.2) is 57.8 Å². The number of likely N-dealkylation sites (N-methyl/N-ethyl adjacent to an activating group) is 1. The molecular weight excluding hydrogens is 340 g/mol. The molecule has 0 radical (unpaired) electrons. The van der Waals surface area contributed by atoms with Crippen LogP contribution in [0.5, 0.6) is 0 Å². The maximum absolute atomic E-state index is 12.7. The van der Waals surface area contributed by atoms with Crippen molar-refractivity contribution in [1.29, 1.82) is 0 Å². The predicted octanol–water partition coefficient (Wildman–Crippen LogP) is 2.70. The fraction of sp³-hybridized carbons (Fsp3) is 0.400. The van der Waals surface area contributed by atoms with Crippen molar-refractivity contribution in [3.05, 3.63) is 54.1 Å². The van der Waals surface area contributed by atoms with Gasteiger partial charge in [0.05, 0.1) is 6.04 Å². The van der Waals surface area contributed by atoms with Gasteiger partial charge in [0.2, 0.25) is 5.91 Å². The van der Waals surface area contributed by atoms with Crippen molar-refractivity contribution in [3.63, 3.8) is 0 Å². The summed E-state index contributed by atoms with van der Waals surface area (Å²) in [5.74, 6) is 1.42. The fourth-order valence-electron chi connectivity index (χ4n) is 3.19. The number of carbonyl (C=O) groups is 1. The molecular formula is C20H26N6O. The van der Waals surface area contributed by atoms with E-state index in [1.54, 1.807) is 24.7 Å². The standard InChI is InChI=1S/C20H26N6O/c1-15-7-4-10-22-19(15)24-20-18(21-11-12-23-20)16-8-5-14-26(16)17(27)9-6-13-25(2)3/h4,6-7,9-12,16H,5,8,13-14H2,1-3H3,(H,22,23,24)/b9-6+/t16-/m1/s1. The van der Waals surface area contributed by atoms with Crippen LogP contribution in [0.15, 0.2) is 42.9 Å². The number of pyridine rings is 1. The van der Waals surface area contributed by atoms with Crippen LogP contribution >= 0.6 is 0 Å². The molecule has 3 rings (SSSR count). The smallest absolute Gasteiger partial charge is 0.246 e. The summed E-state index contributed by atoms with van der Waals surface area (Å²) in [4.78, 5) is 30.0. The molecule has 0 saturated carbocycles. The average Bonchev–Trinajstić information content (AvgIpc) is 3.13. The van der Waals surface area contributed by atoms with Gasteiger partial charge in [-0.05, 0) is 45.5 Å². The number of aryl methyl sites for hydroxylation is 1. The van der Waals surface area contributed by atoms with E-state index in [1.165, 1.54) is 0 Å². The summed E-state index contributed by atoms with van der Waals surface area (Å²) in [6.07, 6.45) is 10.5. The number of anilines is 2. The van der Waals surface area contributed by atoms with Gasteiger partial charge in [-0.3, -0.25) is 9.78 Å². The maximum atomic E-state index is 12.7. The molecule has 3 heterocycles. The molecule has 1 N–H and O–H groups in total. The number of hydrogen-bond donors (Lipinski definition) is 1. The van der Waals surface area contributed by atoms with E-state index in [2.05, 4.69) is 20.3 Å². The number of likely N-dealkylation sites (tertiary alicyclic amines) is 1. The number of aromatic nitrogens is 3. The summed E-state index contributed by atoms with van der Waals surface area (Å²) < 4.78 is 0. The Morgan fingerprint density at radius 3 is 2.81 bits per heavy atom. The summed E-state index contributed by atoms with van der Waals surface area (Å²) in [7, 11) is 3.95. The van der Waals surface area contributed by atoms with Gasteiger partial charge in [-0.1, -0.05) is 12.1 Å². The van der Waals surface area contributed by atoms with E-state index in [-0.39, 0.29) is 11.9 Å². The van der Waals surface area contributed by atoms with E-state index in [0.717, 1.165) is 43.0 Å². The Balaban J connectivity index is 1.82. The van der Waals surface area contributed by atoms with Gasteiger partial charge < -0.3 is 15.1 Å². The van der Waals surface area contributed by atoms with Crippen LogP contribution in [0.25, 0.3) is 0 Å². The number of rotatable bonds is 6. The number of hydrogen-bond acceptors (Lipinski definition) is 6. The summed E-state index contributed by atoms with van der Waals surface area (Å²) in [6.45, 7) is 3.46. The Morgan fingerprint density at radius 1 is 1.26 bits per heavy atom. The second-order valence-corrected chi connectivity index (χ2v) is 6.94. The molecule has 1 amide bonds. The van der Waals surface area contributed by atoms with Crippen LogP contribution in [0.3, 0.4) is 0 Å². The molecule has 1 atom stereocenters. The zero-order chi connectivity index (χ0) is 19.2. The monoisotopic (exact) mass is 366 g/mol. The van der Waals surface area contributed by atoms with Crippen LogP contribution in [0.2, 0.25) is 0 Å². The van der Waals surface area contributed by atoms with Crippen LogP contribution in [-0.2, 0) is 4.79 Å². The molecule has 2 aromatic heterocycles. The van der Waals surface area contributed by atoms with Gasteiger partial charge in [-0.25, -0.2) is 9.97 Å². The lowest BCUT2D eigenvalue weighted by Crippen LogP contribution is -2.30. The fourth-order valence-corrected chi connectivity index (χ4v) is 3.19. The molecule has 1 fully saturated rings. The quantitative estimate of drug-likeness (QED) is 0.793. The summed E-state index contributed by atoms with van der Waals surface area (Å²) in [6, 6.07) is 3.81. The minimum atomic E-state index is -0.0817. The van der Waals surface area contributed by atoms with Gasteiger partial charge in [0, 0.05) is 37.8 Å². The molecule has 27 heavy (non-hydrogen) atoms. The van der Waals surface area contributed by atoms with Crippen molar-refractivity contribution in [3.8, 4) is 0 Å². The molecule has 7 heteroatoms. The largest absolute Gasteiger partial charge is 0.330 e. The first-order chi connectivity index (χ1) is 13.1. The summed E-state index contributed by atoms with van der Waals surface area (Å²) >= 11 is 0. The van der Waals surface area contributed by atoms with E-state index in [4.69, 9.17) is 0 Å². The molecule has 0 aliphatic carbocycles. The minimum absolute atomic E-state index is 0.0185. The Bertz CT molecular complexity index is 820. The molecule has 7 nitrogen and oxygen atoms in total. The van der Waals surface area contributed by atoms with Gasteiger partial charge >= 0.3 is 0 Å². The third-order valence-corrected chi connectivity index (χ3v) is 4.56. The maximum Gasteiger partial charge on any atom is 0.246 e. The van der Waals surface area contributed by atoms with Crippen molar-refractivity contribution >= 4 is 17.5 Å². The van der Waals surface area contributed by atoms with E-state index in [1.807, 2.05) is 49.0 Å². The Morgan fingerprint density at radius 2 is 2.04 bits per heavy atom. The highest BCUT2D eigenvalue weighted by atomic mass is 16.2. The third-order valence-electron chi connectivity index (χ3n) is 4.56. The highest BCUT2D eigenvalue weighted by Gasteiger charge is 2.32. The Kier molecular flexibility index (Phi) is 6.13. The summed E-state index contributed by atoms with van der Waals surface area (Å²) in [5, 5.41) is 3.29. The van der Waals surface area contributed by atoms with Crippen molar-refractivity contribution < 1.29 is 4.79 Å². The van der Waals surface area contributed by atoms with Crippen LogP contribution < -0.4 is 5.32 Å². The topological polar surface area (TPSA) is 74.2 Å². The van der Waals surface area contributed by atoms with Gasteiger partial charge in [0.1, 0.15) is 11.5 Å². The molecule has 2 aromatic rings. The first-order valence-corrected chi connectivity index (χ1v) is 9.17. The summed E-state index contributed by atoms with van der Waals surface area (Å²) in [5.41, 5.74) is 1.81. The molecule has 142 valence electrons. The average molecular weight is 366 g/mol. The normalized spacial score (nSPS) is 17.0. The highest BCUT2D eigenvalue weighted by molar-refractivity contribution is 5.88. The van der Waals surface area contributed by atoms with Crippen LogP contribution in [0.4, 0.5) is 11.6 Å². The van der Waals surface area contributed by atoms with E-state index in [9.17, 15) is 4.79 Å². The first kappa shape index (κ1) is 19.0. The lowest BCUT2D eigenvalue weighted by molar-refractivity contribution is -0.127. The van der Waals surface area contributed by atoms with Crippen molar-refractivity contribution in [2.75, 3.05) is 32.5 Å². The molecule has 1 saturated heterocycles. The zero-order valence-electron chi connectivity index (χ0n) is 16.1. The van der Waals surface area contributed by atoms with Crippen LogP contribution in [0.1, 0.15) is 30.1 Å². The van der Waals surface area contributed by atoms with E-state index < -0.39 is 0 Å². The molecule has 1 aliphatic rings. The molecule has 0 aromatic carbocycles. The van der Waals surface area contributed by atoms with Crippen molar-refractivity contribution in [2.24, 2.45) is 0 Å². The van der Waals surface area contributed by atoms with Gasteiger partial charge in [0.15, 0.2) is 5.82 Å². The number of amides is 1. The second-order valence-electron chi connectivity index (χ2n) is 6.94. The van der Waals surface area contributed by atoms with E-state index in [0.29, 0.717) is 5.82 Å². The zero-order valence-corrected chi connectivity index (χ0v) is 16.1. The number of carbonyl (C=O) groups excluding carboxylic acids is 1. The Labute approximate surface area is 160 Å². The second kappa shape index (κ2) is 8.73. The number of nitrogens with zero attached hydrogens (tertiary/aromatic N) is 5. The first-order valence-electron chi connectivity index (χ1n) is 9.17. The highest BCUT2D eigenvalue weighted by Crippen LogP contribution is 2.34. The predicted molar refractivity (Wildman–Crippen MR) is 106 cm³/mol. The van der Waals surface area contributed by atoms with Gasteiger partial charge in [-0.15, -0.1) is 0 Å². The molecule has 0 unspecified atom stereocenters. The Hall–Kier alpha value is -2.80. The molecule has 0 spiro atoms. The van der Waals surface area contributed by atoms with Gasteiger partial charge in [0.25, 0.3) is 0 Å². The lowest BCUT2D eigenvalue weighted by Gasteiger charge is -2.24. The molecule has 0 bridgehead atoms. The molecule has 1 aliphatic heterocycles. The number of nitrogens with one attached hydrogen (secondary N) is 1. The lowest BCUT2D eigenvalue weighted by atomic mass is 10.1. The SMILES string of the molecule is Cc1cccnc1Nc1nccnc1[C@H]1CCCN1C(=O)/C=C/CN(C)C. The van der Waals surface area contributed by atoms with E-state index >= 15 is 0 Å². The van der Waals surface area contributed by atoms with Gasteiger partial charge in [-0.2, -0.15) is 0 Å². The van der Waals surface area contributed by atoms with Crippen molar-refractivity contribution in [1.82, 2.24) is 24.8 Å². The third kappa shape index (κ3) is 4.68. The van der Waals surface area contributed by atoms with Crippen molar-refractivity contribution in [2.45, 2.75) is 25.8 Å². The van der Waals surface area contributed by atoms with Crippen LogP contribution in [0, 0.1) is 6.92 Å².